The number of hydrogen-bond acceptors (Lipinski definition) is 5. The smallest absolute Gasteiger partial charge is 0.306 e. The van der Waals surface area contributed by atoms with E-state index in [1.54, 1.807) is 0 Å². The van der Waals surface area contributed by atoms with Gasteiger partial charge in [0.05, 0.1) is 18.9 Å². The molecule has 1 aliphatic heterocycles. The summed E-state index contributed by atoms with van der Waals surface area (Å²) in [5, 5.41) is 2.73. The third-order valence-corrected chi connectivity index (χ3v) is 5.51. The number of nitrogens with zero attached hydrogens (tertiary/aromatic N) is 1. The molecule has 1 fully saturated rings. The first-order valence-electron chi connectivity index (χ1n) is 10.6. The summed E-state index contributed by atoms with van der Waals surface area (Å²) >= 11 is 5.72. The summed E-state index contributed by atoms with van der Waals surface area (Å²) in [6.45, 7) is 4.63. The molecule has 0 radical (unpaired) electrons. The number of ether oxygens (including phenoxy) is 1. The average molecular weight is 451 g/mol. The Bertz CT molecular complexity index is 768. The van der Waals surface area contributed by atoms with Gasteiger partial charge in [0, 0.05) is 19.0 Å². The summed E-state index contributed by atoms with van der Waals surface area (Å²) in [5.74, 6) is -2.18. The van der Waals surface area contributed by atoms with Gasteiger partial charge in [-0.15, -0.1) is 11.6 Å². The molecule has 0 aromatic heterocycles. The highest BCUT2D eigenvalue weighted by Gasteiger charge is 2.31. The van der Waals surface area contributed by atoms with Crippen LogP contribution in [-0.2, 0) is 30.5 Å². The van der Waals surface area contributed by atoms with Crippen molar-refractivity contribution in [1.29, 1.82) is 0 Å². The number of carbonyl (C=O) groups is 4. The lowest BCUT2D eigenvalue weighted by Crippen LogP contribution is -2.43. The van der Waals surface area contributed by atoms with Crippen molar-refractivity contribution in [1.82, 2.24) is 10.2 Å². The van der Waals surface area contributed by atoms with E-state index >= 15 is 0 Å². The van der Waals surface area contributed by atoms with Gasteiger partial charge < -0.3 is 15.0 Å². The number of amides is 2. The van der Waals surface area contributed by atoms with Gasteiger partial charge in [0.2, 0.25) is 11.8 Å². The molecule has 170 valence electrons. The van der Waals surface area contributed by atoms with Gasteiger partial charge in [0.15, 0.2) is 5.78 Å². The average Bonchev–Trinajstić information content (AvgIpc) is 3.15. The normalized spacial score (nSPS) is 16.6. The minimum Gasteiger partial charge on any atom is -0.461 e. The van der Waals surface area contributed by atoms with E-state index in [1.165, 1.54) is 4.90 Å². The van der Waals surface area contributed by atoms with Crippen LogP contribution < -0.4 is 5.32 Å². The van der Waals surface area contributed by atoms with Crippen molar-refractivity contribution in [2.75, 3.05) is 25.5 Å². The molecule has 1 aromatic rings. The molecule has 1 aromatic carbocycles. The molecule has 0 spiro atoms. The lowest BCUT2D eigenvalue weighted by molar-refractivity contribution is -0.148. The number of benzene rings is 1. The zero-order chi connectivity index (χ0) is 22.8. The topological polar surface area (TPSA) is 92.8 Å². The molecule has 31 heavy (non-hydrogen) atoms. The van der Waals surface area contributed by atoms with Crippen molar-refractivity contribution in [3.8, 4) is 0 Å². The third-order valence-electron chi connectivity index (χ3n) is 5.28. The van der Waals surface area contributed by atoms with Crippen molar-refractivity contribution >= 4 is 35.2 Å². The van der Waals surface area contributed by atoms with Crippen LogP contribution in [0.4, 0.5) is 0 Å². The van der Waals surface area contributed by atoms with E-state index in [0.29, 0.717) is 19.4 Å². The highest BCUT2D eigenvalue weighted by molar-refractivity contribution is 6.27. The molecule has 0 unspecified atom stereocenters. The second-order valence-electron chi connectivity index (χ2n) is 8.33. The van der Waals surface area contributed by atoms with Gasteiger partial charge in [-0.2, -0.15) is 0 Å². The van der Waals surface area contributed by atoms with Crippen LogP contribution >= 0.6 is 11.6 Å². The van der Waals surface area contributed by atoms with E-state index in [2.05, 4.69) is 5.32 Å². The summed E-state index contributed by atoms with van der Waals surface area (Å²) in [5.41, 5.74) is 0.872. The first kappa shape index (κ1) is 24.9. The highest BCUT2D eigenvalue weighted by atomic mass is 35.5. The van der Waals surface area contributed by atoms with E-state index in [9.17, 15) is 19.2 Å². The van der Waals surface area contributed by atoms with E-state index in [-0.39, 0.29) is 55.5 Å². The van der Waals surface area contributed by atoms with Crippen LogP contribution in [0.1, 0.15) is 38.7 Å². The Morgan fingerprint density at radius 2 is 1.94 bits per heavy atom. The predicted octanol–water partition coefficient (Wildman–Crippen LogP) is 2.55. The monoisotopic (exact) mass is 450 g/mol. The zero-order valence-corrected chi connectivity index (χ0v) is 18.9. The number of esters is 1. The molecule has 0 aliphatic carbocycles. The Kier molecular flexibility index (Phi) is 9.98. The fourth-order valence-corrected chi connectivity index (χ4v) is 3.81. The van der Waals surface area contributed by atoms with Crippen LogP contribution in [0.15, 0.2) is 30.3 Å². The Labute approximate surface area is 188 Å². The van der Waals surface area contributed by atoms with Gasteiger partial charge in [0.25, 0.3) is 0 Å². The predicted molar refractivity (Wildman–Crippen MR) is 117 cm³/mol. The number of rotatable bonds is 12. The minimum atomic E-state index is -0.564. The molecule has 7 nitrogen and oxygen atoms in total. The number of nitrogens with one attached hydrogen (secondary N) is 1. The second kappa shape index (κ2) is 12.4. The van der Waals surface area contributed by atoms with Gasteiger partial charge >= 0.3 is 5.97 Å². The fraction of sp³-hybridized carbons (Fsp3) is 0.565. The maximum absolute atomic E-state index is 13.0. The summed E-state index contributed by atoms with van der Waals surface area (Å²) in [6, 6.07) is 9.33. The molecule has 1 heterocycles. The molecule has 8 heteroatoms. The number of ketones is 1. The SMILES string of the molecule is CC(C)C[C@H](CC(=O)OCc1ccccc1)C(=O)CN(C[C@@H]1CCNC1=O)C(=O)CCl. The first-order valence-corrected chi connectivity index (χ1v) is 11.2. The molecule has 2 rings (SSSR count). The maximum atomic E-state index is 13.0. The highest BCUT2D eigenvalue weighted by Crippen LogP contribution is 2.20. The molecular formula is C23H31ClN2O5. The summed E-state index contributed by atoms with van der Waals surface area (Å²) < 4.78 is 5.34. The zero-order valence-electron chi connectivity index (χ0n) is 18.1. The maximum Gasteiger partial charge on any atom is 0.306 e. The van der Waals surface area contributed by atoms with Crippen molar-refractivity contribution in [3.63, 3.8) is 0 Å². The largest absolute Gasteiger partial charge is 0.461 e. The van der Waals surface area contributed by atoms with Gasteiger partial charge in [-0.25, -0.2) is 0 Å². The summed E-state index contributed by atoms with van der Waals surface area (Å²) in [4.78, 5) is 50.9. The van der Waals surface area contributed by atoms with Crippen molar-refractivity contribution in [3.05, 3.63) is 35.9 Å². The number of hydrogen-bond donors (Lipinski definition) is 1. The molecule has 1 aliphatic rings. The molecule has 1 N–H and O–H groups in total. The number of Topliss-reactive ketones (excluding diaryl/α,β-unsaturated/α-hetero) is 1. The molecular weight excluding hydrogens is 420 g/mol. The standard InChI is InChI=1S/C23H31ClN2O5/c1-16(2)10-19(11-22(29)31-15-17-6-4-3-5-7-17)20(27)14-26(21(28)12-24)13-18-8-9-25-23(18)30/h3-7,16,18-19H,8-15H2,1-2H3,(H,25,30)/t18-,19+/m0/s1. The Morgan fingerprint density at radius 3 is 2.52 bits per heavy atom. The minimum absolute atomic E-state index is 0.0450. The van der Waals surface area contributed by atoms with Crippen LogP contribution in [0.3, 0.4) is 0 Å². The lowest BCUT2D eigenvalue weighted by atomic mass is 9.90. The number of carbonyl (C=O) groups excluding carboxylic acids is 4. The molecule has 2 amide bonds. The van der Waals surface area contributed by atoms with Crippen LogP contribution in [-0.4, -0.2) is 54.0 Å². The van der Waals surface area contributed by atoms with Crippen molar-refractivity contribution in [2.24, 2.45) is 17.8 Å². The van der Waals surface area contributed by atoms with E-state index in [0.717, 1.165) is 5.56 Å². The summed E-state index contributed by atoms with van der Waals surface area (Å²) in [6.07, 6.45) is 1.07. The molecule has 2 atom stereocenters. The Hall–Kier alpha value is -2.41. The summed E-state index contributed by atoms with van der Waals surface area (Å²) in [7, 11) is 0. The van der Waals surface area contributed by atoms with E-state index < -0.39 is 17.8 Å². The number of halogens is 1. The quantitative estimate of drug-likeness (QED) is 0.390. The van der Waals surface area contributed by atoms with E-state index in [1.807, 2.05) is 44.2 Å². The van der Waals surface area contributed by atoms with Gasteiger partial charge in [-0.3, -0.25) is 19.2 Å². The van der Waals surface area contributed by atoms with Gasteiger partial charge in [0.1, 0.15) is 12.5 Å². The van der Waals surface area contributed by atoms with Crippen molar-refractivity contribution in [2.45, 2.75) is 39.7 Å². The molecule has 0 saturated carbocycles. The van der Waals surface area contributed by atoms with Gasteiger partial charge in [-0.1, -0.05) is 44.2 Å². The number of alkyl halides is 1. The lowest BCUT2D eigenvalue weighted by Gasteiger charge is -2.26. The first-order chi connectivity index (χ1) is 14.8. The van der Waals surface area contributed by atoms with E-state index in [4.69, 9.17) is 16.3 Å². The van der Waals surface area contributed by atoms with Crippen molar-refractivity contribution < 1.29 is 23.9 Å². The third kappa shape index (κ3) is 8.32. The van der Waals surface area contributed by atoms with Crippen LogP contribution in [0.25, 0.3) is 0 Å². The fourth-order valence-electron chi connectivity index (χ4n) is 3.64. The van der Waals surface area contributed by atoms with Crippen LogP contribution in [0.5, 0.6) is 0 Å². The van der Waals surface area contributed by atoms with Gasteiger partial charge in [-0.05, 0) is 24.3 Å². The Morgan fingerprint density at radius 1 is 1.23 bits per heavy atom. The molecule has 1 saturated heterocycles. The van der Waals surface area contributed by atoms with Crippen LogP contribution in [0, 0.1) is 17.8 Å². The molecule has 0 bridgehead atoms. The van der Waals surface area contributed by atoms with Crippen LogP contribution in [0.2, 0.25) is 0 Å². The second-order valence-corrected chi connectivity index (χ2v) is 8.59. The Balaban J connectivity index is 1.99.